The van der Waals surface area contributed by atoms with Crippen molar-refractivity contribution in [2.45, 2.75) is 13.5 Å². The van der Waals surface area contributed by atoms with E-state index in [1.165, 1.54) is 0 Å². The number of amides is 1. The molecule has 0 atom stereocenters. The number of rotatable bonds is 6. The molecule has 0 fully saturated rings. The third kappa shape index (κ3) is 3.63. The average molecular weight is 252 g/mol. The van der Waals surface area contributed by atoms with E-state index in [9.17, 15) is 4.79 Å². The van der Waals surface area contributed by atoms with Crippen LogP contribution in [0, 0.1) is 0 Å². The highest BCUT2D eigenvalue weighted by Crippen LogP contribution is 2.24. The summed E-state index contributed by atoms with van der Waals surface area (Å²) in [6.45, 7) is 2.93. The molecule has 5 nitrogen and oxygen atoms in total. The van der Waals surface area contributed by atoms with Crippen molar-refractivity contribution in [2.75, 3.05) is 27.3 Å². The fourth-order valence-corrected chi connectivity index (χ4v) is 1.39. The van der Waals surface area contributed by atoms with E-state index < -0.39 is 0 Å². The molecule has 0 radical (unpaired) electrons. The zero-order chi connectivity index (χ0) is 13.5. The van der Waals surface area contributed by atoms with Crippen LogP contribution in [0.2, 0.25) is 0 Å². The van der Waals surface area contributed by atoms with E-state index in [2.05, 4.69) is 0 Å². The van der Waals surface area contributed by atoms with E-state index in [-0.39, 0.29) is 12.5 Å². The number of hydrogen-bond donors (Lipinski definition) is 1. The average Bonchev–Trinajstić information content (AvgIpc) is 2.43. The van der Waals surface area contributed by atoms with Crippen LogP contribution in [0.5, 0.6) is 11.5 Å². The van der Waals surface area contributed by atoms with Crippen LogP contribution in [0.3, 0.4) is 0 Å². The Morgan fingerprint density at radius 2 is 2.17 bits per heavy atom. The summed E-state index contributed by atoms with van der Waals surface area (Å²) in [5.41, 5.74) is 6.47. The second-order valence-electron chi connectivity index (χ2n) is 3.87. The third-order valence-electron chi connectivity index (χ3n) is 2.75. The predicted molar refractivity (Wildman–Crippen MR) is 69.7 cm³/mol. The lowest BCUT2D eigenvalue weighted by molar-refractivity contribution is -0.131. The molecule has 0 aliphatic rings. The summed E-state index contributed by atoms with van der Waals surface area (Å²) < 4.78 is 10.6. The van der Waals surface area contributed by atoms with Crippen molar-refractivity contribution < 1.29 is 14.3 Å². The van der Waals surface area contributed by atoms with Gasteiger partial charge in [-0.2, -0.15) is 0 Å². The summed E-state index contributed by atoms with van der Waals surface area (Å²) in [5, 5.41) is 0. The minimum Gasteiger partial charge on any atom is -0.497 e. The Balaban J connectivity index is 2.73. The van der Waals surface area contributed by atoms with Gasteiger partial charge in [0.1, 0.15) is 11.5 Å². The number of methoxy groups -OCH3 is 1. The van der Waals surface area contributed by atoms with Gasteiger partial charge >= 0.3 is 0 Å². The number of carbonyl (C=O) groups excluding carboxylic acids is 1. The maximum Gasteiger partial charge on any atom is 0.260 e. The highest BCUT2D eigenvalue weighted by atomic mass is 16.5. The van der Waals surface area contributed by atoms with Gasteiger partial charge in [-0.1, -0.05) is 6.07 Å². The standard InChI is InChI=1S/C13H20N2O3/c1-4-15(2)13(16)9-18-12-7-11(17-3)6-5-10(12)8-14/h5-7H,4,8-9,14H2,1-3H3. The molecule has 100 valence electrons. The van der Waals surface area contributed by atoms with Gasteiger partial charge in [0, 0.05) is 31.8 Å². The largest absolute Gasteiger partial charge is 0.497 e. The summed E-state index contributed by atoms with van der Waals surface area (Å²) in [4.78, 5) is 13.2. The molecule has 0 saturated carbocycles. The maximum atomic E-state index is 11.6. The molecule has 2 N–H and O–H groups in total. The third-order valence-corrected chi connectivity index (χ3v) is 2.75. The lowest BCUT2D eigenvalue weighted by Gasteiger charge is -2.16. The molecule has 5 heteroatoms. The lowest BCUT2D eigenvalue weighted by Crippen LogP contribution is -2.31. The summed E-state index contributed by atoms with van der Waals surface area (Å²) in [6, 6.07) is 5.39. The summed E-state index contributed by atoms with van der Waals surface area (Å²) in [5.74, 6) is 1.21. The Hall–Kier alpha value is -1.75. The molecule has 1 amide bonds. The van der Waals surface area contributed by atoms with E-state index in [1.807, 2.05) is 19.1 Å². The zero-order valence-electron chi connectivity index (χ0n) is 11.1. The summed E-state index contributed by atoms with van der Waals surface area (Å²) >= 11 is 0. The SMILES string of the molecule is CCN(C)C(=O)COc1cc(OC)ccc1CN. The number of carbonyl (C=O) groups is 1. The van der Waals surface area contributed by atoms with Crippen LogP contribution >= 0.6 is 0 Å². The zero-order valence-corrected chi connectivity index (χ0v) is 11.1. The van der Waals surface area contributed by atoms with Gasteiger partial charge in [-0.05, 0) is 13.0 Å². The number of benzene rings is 1. The minimum absolute atomic E-state index is 0.00447. The Bertz CT molecular complexity index is 407. The second-order valence-corrected chi connectivity index (χ2v) is 3.87. The number of likely N-dealkylation sites (N-methyl/N-ethyl adjacent to an activating group) is 1. The fourth-order valence-electron chi connectivity index (χ4n) is 1.39. The number of hydrogen-bond acceptors (Lipinski definition) is 4. The highest BCUT2D eigenvalue weighted by molar-refractivity contribution is 5.77. The topological polar surface area (TPSA) is 64.8 Å². The van der Waals surface area contributed by atoms with Gasteiger partial charge in [0.25, 0.3) is 5.91 Å². The van der Waals surface area contributed by atoms with Crippen LogP contribution < -0.4 is 15.2 Å². The van der Waals surface area contributed by atoms with Gasteiger partial charge in [0.2, 0.25) is 0 Å². The van der Waals surface area contributed by atoms with Crippen molar-refractivity contribution in [2.24, 2.45) is 5.73 Å². The fraction of sp³-hybridized carbons (Fsp3) is 0.462. The van der Waals surface area contributed by atoms with Crippen molar-refractivity contribution in [3.05, 3.63) is 23.8 Å². The first kappa shape index (κ1) is 14.3. The van der Waals surface area contributed by atoms with Crippen LogP contribution in [0.25, 0.3) is 0 Å². The Kier molecular flexibility index (Phi) is 5.45. The van der Waals surface area contributed by atoms with Crippen LogP contribution in [-0.4, -0.2) is 38.1 Å². The Labute approximate surface area is 107 Å². The molecule has 1 aromatic carbocycles. The predicted octanol–water partition coefficient (Wildman–Crippen LogP) is 1.01. The first-order valence-corrected chi connectivity index (χ1v) is 5.86. The molecule has 0 bridgehead atoms. The lowest BCUT2D eigenvalue weighted by atomic mass is 10.2. The van der Waals surface area contributed by atoms with Crippen LogP contribution in [0.4, 0.5) is 0 Å². The van der Waals surface area contributed by atoms with Gasteiger partial charge in [-0.15, -0.1) is 0 Å². The van der Waals surface area contributed by atoms with Gasteiger partial charge < -0.3 is 20.1 Å². The van der Waals surface area contributed by atoms with Crippen LogP contribution in [0.1, 0.15) is 12.5 Å². The van der Waals surface area contributed by atoms with Gasteiger partial charge in [0.05, 0.1) is 7.11 Å². The smallest absolute Gasteiger partial charge is 0.260 e. The summed E-state index contributed by atoms with van der Waals surface area (Å²) in [6.07, 6.45) is 0. The molecular formula is C13H20N2O3. The second kappa shape index (κ2) is 6.86. The van der Waals surface area contributed by atoms with Crippen molar-refractivity contribution in [3.8, 4) is 11.5 Å². The van der Waals surface area contributed by atoms with E-state index >= 15 is 0 Å². The molecule has 0 aliphatic carbocycles. The van der Waals surface area contributed by atoms with E-state index in [1.54, 1.807) is 25.1 Å². The first-order chi connectivity index (χ1) is 8.62. The number of ether oxygens (including phenoxy) is 2. The molecule has 1 aromatic rings. The maximum absolute atomic E-state index is 11.6. The molecule has 0 spiro atoms. The number of nitrogens with two attached hydrogens (primary N) is 1. The number of nitrogens with zero attached hydrogens (tertiary/aromatic N) is 1. The molecular weight excluding hydrogens is 232 g/mol. The van der Waals surface area contributed by atoms with E-state index in [0.717, 1.165) is 5.56 Å². The highest BCUT2D eigenvalue weighted by Gasteiger charge is 2.10. The van der Waals surface area contributed by atoms with Crippen LogP contribution in [0.15, 0.2) is 18.2 Å². The molecule has 0 aliphatic heterocycles. The Morgan fingerprint density at radius 3 is 2.72 bits per heavy atom. The molecule has 0 aromatic heterocycles. The van der Waals surface area contributed by atoms with Gasteiger partial charge in [-0.3, -0.25) is 4.79 Å². The van der Waals surface area contributed by atoms with E-state index in [0.29, 0.717) is 24.6 Å². The van der Waals surface area contributed by atoms with E-state index in [4.69, 9.17) is 15.2 Å². The van der Waals surface area contributed by atoms with Crippen molar-refractivity contribution in [1.82, 2.24) is 4.90 Å². The molecule has 0 saturated heterocycles. The van der Waals surface area contributed by atoms with Crippen molar-refractivity contribution >= 4 is 5.91 Å². The monoisotopic (exact) mass is 252 g/mol. The molecule has 0 unspecified atom stereocenters. The van der Waals surface area contributed by atoms with Gasteiger partial charge in [0.15, 0.2) is 6.61 Å². The van der Waals surface area contributed by atoms with Crippen molar-refractivity contribution in [3.63, 3.8) is 0 Å². The molecule has 1 rings (SSSR count). The Morgan fingerprint density at radius 1 is 1.44 bits per heavy atom. The summed E-state index contributed by atoms with van der Waals surface area (Å²) in [7, 11) is 3.32. The first-order valence-electron chi connectivity index (χ1n) is 5.86. The van der Waals surface area contributed by atoms with Crippen molar-refractivity contribution in [1.29, 1.82) is 0 Å². The quantitative estimate of drug-likeness (QED) is 0.820. The minimum atomic E-state index is -0.0664. The van der Waals surface area contributed by atoms with Crippen LogP contribution in [-0.2, 0) is 11.3 Å². The normalized spacial score (nSPS) is 10.0. The molecule has 0 heterocycles. The molecule has 18 heavy (non-hydrogen) atoms. The van der Waals surface area contributed by atoms with Gasteiger partial charge in [-0.25, -0.2) is 0 Å².